The molecular weight excluding hydrogens is 404 g/mol. The van der Waals surface area contributed by atoms with Gasteiger partial charge >= 0.3 is 0 Å². The van der Waals surface area contributed by atoms with E-state index in [4.69, 9.17) is 9.47 Å². The Kier molecular flexibility index (Phi) is 5.31. The minimum Gasteiger partial charge on any atom is -0.454 e. The number of anilines is 1. The standard InChI is InChI=1S/C25H26N4O3/c1-17-13-20(18(2)29(17)22-9-10-23-24(14-22)32-16-31-23)15-26-27-25(30)19-5-7-21(8-6-19)28-11-3-4-12-28/h5-10,13-15H,3-4,11-12,16H2,1-2H3,(H,27,30)/b26-15-. The van der Waals surface area contributed by atoms with Crippen LogP contribution in [0.3, 0.4) is 0 Å². The van der Waals surface area contributed by atoms with Crippen LogP contribution in [0.25, 0.3) is 5.69 Å². The molecule has 7 heteroatoms. The zero-order valence-corrected chi connectivity index (χ0v) is 18.3. The summed E-state index contributed by atoms with van der Waals surface area (Å²) >= 11 is 0. The van der Waals surface area contributed by atoms with Gasteiger partial charge < -0.3 is 18.9 Å². The summed E-state index contributed by atoms with van der Waals surface area (Å²) in [5.74, 6) is 1.28. The average Bonchev–Trinajstić information content (AvgIpc) is 3.55. The summed E-state index contributed by atoms with van der Waals surface area (Å²) in [6, 6.07) is 15.6. The minimum atomic E-state index is -0.223. The van der Waals surface area contributed by atoms with Crippen molar-refractivity contribution in [3.8, 4) is 17.2 Å². The lowest BCUT2D eigenvalue weighted by molar-refractivity contribution is 0.0955. The number of benzene rings is 2. The number of carbonyl (C=O) groups is 1. The molecule has 3 heterocycles. The smallest absolute Gasteiger partial charge is 0.271 e. The SMILES string of the molecule is Cc1cc(/C=N\NC(=O)c2ccc(N3CCCC3)cc2)c(C)n1-c1ccc2c(c1)OCO2. The summed E-state index contributed by atoms with van der Waals surface area (Å²) < 4.78 is 13.0. The first kappa shape index (κ1) is 20.2. The molecule has 0 spiro atoms. The lowest BCUT2D eigenvalue weighted by atomic mass is 10.2. The maximum absolute atomic E-state index is 12.5. The van der Waals surface area contributed by atoms with Gasteiger partial charge in [-0.25, -0.2) is 5.43 Å². The van der Waals surface area contributed by atoms with Crippen LogP contribution in [0.15, 0.2) is 53.6 Å². The van der Waals surface area contributed by atoms with E-state index in [0.29, 0.717) is 5.56 Å². The van der Waals surface area contributed by atoms with Crippen molar-refractivity contribution >= 4 is 17.8 Å². The van der Waals surface area contributed by atoms with Gasteiger partial charge in [0.25, 0.3) is 5.91 Å². The molecule has 2 aliphatic heterocycles. The molecule has 3 aromatic rings. The molecule has 1 fully saturated rings. The third-order valence-corrected chi connectivity index (χ3v) is 6.06. The van der Waals surface area contributed by atoms with Gasteiger partial charge in [0.1, 0.15) is 0 Å². The Hall–Kier alpha value is -3.74. The Bertz CT molecular complexity index is 1170. The maximum atomic E-state index is 12.5. The van der Waals surface area contributed by atoms with E-state index in [1.54, 1.807) is 6.21 Å². The molecule has 1 N–H and O–H groups in total. The largest absolute Gasteiger partial charge is 0.454 e. The second kappa shape index (κ2) is 8.42. The van der Waals surface area contributed by atoms with Crippen molar-refractivity contribution < 1.29 is 14.3 Å². The van der Waals surface area contributed by atoms with Crippen LogP contribution in [0.1, 0.15) is 40.2 Å². The van der Waals surface area contributed by atoms with Crippen LogP contribution in [-0.2, 0) is 0 Å². The fraction of sp³-hybridized carbons (Fsp3) is 0.280. The number of rotatable bonds is 5. The van der Waals surface area contributed by atoms with Crippen molar-refractivity contribution in [3.05, 3.63) is 71.0 Å². The zero-order chi connectivity index (χ0) is 22.1. The first-order valence-corrected chi connectivity index (χ1v) is 10.9. The lowest BCUT2D eigenvalue weighted by Gasteiger charge is -2.17. The first-order chi connectivity index (χ1) is 15.6. The van der Waals surface area contributed by atoms with E-state index in [9.17, 15) is 4.79 Å². The first-order valence-electron chi connectivity index (χ1n) is 10.9. The molecule has 0 saturated carbocycles. The second-order valence-corrected chi connectivity index (χ2v) is 8.14. The molecule has 0 radical (unpaired) electrons. The van der Waals surface area contributed by atoms with Gasteiger partial charge in [0, 0.05) is 53.0 Å². The highest BCUT2D eigenvalue weighted by Gasteiger charge is 2.17. The number of hydrogen-bond donors (Lipinski definition) is 1. The summed E-state index contributed by atoms with van der Waals surface area (Å²) in [6.07, 6.45) is 4.14. The molecule has 0 aliphatic carbocycles. The van der Waals surface area contributed by atoms with Crippen LogP contribution in [0.4, 0.5) is 5.69 Å². The Morgan fingerprint density at radius 3 is 2.47 bits per heavy atom. The number of hydrazone groups is 1. The predicted molar refractivity (Wildman–Crippen MR) is 124 cm³/mol. The van der Waals surface area contributed by atoms with E-state index in [1.807, 2.05) is 62.4 Å². The van der Waals surface area contributed by atoms with E-state index in [2.05, 4.69) is 20.0 Å². The molecule has 2 aliphatic rings. The van der Waals surface area contributed by atoms with E-state index < -0.39 is 0 Å². The van der Waals surface area contributed by atoms with Gasteiger partial charge in [-0.1, -0.05) is 0 Å². The van der Waals surface area contributed by atoms with Crippen LogP contribution < -0.4 is 19.8 Å². The van der Waals surface area contributed by atoms with Crippen LogP contribution in [0.2, 0.25) is 0 Å². The molecule has 1 amide bonds. The normalized spacial score (nSPS) is 15.0. The molecule has 5 rings (SSSR count). The number of aromatic nitrogens is 1. The van der Waals surface area contributed by atoms with Gasteiger partial charge in [0.2, 0.25) is 6.79 Å². The third kappa shape index (κ3) is 3.82. The Labute approximate surface area is 187 Å². The summed E-state index contributed by atoms with van der Waals surface area (Å²) in [4.78, 5) is 14.8. The number of aryl methyl sites for hydroxylation is 1. The maximum Gasteiger partial charge on any atom is 0.271 e. The van der Waals surface area contributed by atoms with Crippen LogP contribution in [0.5, 0.6) is 11.5 Å². The van der Waals surface area contributed by atoms with Crippen molar-refractivity contribution in [1.82, 2.24) is 9.99 Å². The van der Waals surface area contributed by atoms with E-state index in [1.165, 1.54) is 18.5 Å². The molecule has 0 unspecified atom stereocenters. The highest BCUT2D eigenvalue weighted by atomic mass is 16.7. The molecular formula is C25H26N4O3. The Morgan fingerprint density at radius 1 is 0.969 bits per heavy atom. The van der Waals surface area contributed by atoms with Gasteiger partial charge in [0.05, 0.1) is 6.21 Å². The van der Waals surface area contributed by atoms with Crippen molar-refractivity contribution in [1.29, 1.82) is 0 Å². The van der Waals surface area contributed by atoms with E-state index in [-0.39, 0.29) is 12.7 Å². The summed E-state index contributed by atoms with van der Waals surface area (Å²) in [5.41, 5.74) is 8.41. The second-order valence-electron chi connectivity index (χ2n) is 8.14. The van der Waals surface area contributed by atoms with Crippen molar-refractivity contribution in [2.24, 2.45) is 5.10 Å². The number of amides is 1. The predicted octanol–water partition coefficient (Wildman–Crippen LogP) is 4.19. The number of nitrogens with zero attached hydrogens (tertiary/aromatic N) is 3. The van der Waals surface area contributed by atoms with E-state index >= 15 is 0 Å². The molecule has 164 valence electrons. The minimum absolute atomic E-state index is 0.223. The Balaban J connectivity index is 1.28. The van der Waals surface area contributed by atoms with Crippen molar-refractivity contribution in [3.63, 3.8) is 0 Å². The highest BCUT2D eigenvalue weighted by molar-refractivity contribution is 5.95. The molecule has 7 nitrogen and oxygen atoms in total. The average molecular weight is 431 g/mol. The number of carbonyl (C=O) groups excluding carboxylic acids is 1. The number of nitrogens with one attached hydrogen (secondary N) is 1. The summed E-state index contributed by atoms with van der Waals surface area (Å²) in [5, 5.41) is 4.19. The van der Waals surface area contributed by atoms with E-state index in [0.717, 1.165) is 47.2 Å². The molecule has 1 aromatic heterocycles. The van der Waals surface area contributed by atoms with Crippen LogP contribution >= 0.6 is 0 Å². The van der Waals surface area contributed by atoms with Gasteiger partial charge in [-0.15, -0.1) is 0 Å². The van der Waals surface area contributed by atoms with Gasteiger partial charge in [-0.2, -0.15) is 5.10 Å². The monoisotopic (exact) mass is 430 g/mol. The van der Waals surface area contributed by atoms with Gasteiger partial charge in [0.15, 0.2) is 11.5 Å². The Morgan fingerprint density at radius 2 is 1.69 bits per heavy atom. The number of hydrogen-bond acceptors (Lipinski definition) is 5. The number of fused-ring (bicyclic) bond motifs is 1. The van der Waals surface area contributed by atoms with Crippen LogP contribution in [-0.4, -0.2) is 36.6 Å². The molecule has 0 bridgehead atoms. The fourth-order valence-electron chi connectivity index (χ4n) is 4.36. The quantitative estimate of drug-likeness (QED) is 0.487. The molecule has 32 heavy (non-hydrogen) atoms. The topological polar surface area (TPSA) is 68.1 Å². The molecule has 2 aromatic carbocycles. The van der Waals surface area contributed by atoms with Crippen molar-refractivity contribution in [2.45, 2.75) is 26.7 Å². The summed E-state index contributed by atoms with van der Waals surface area (Å²) in [6.45, 7) is 6.48. The lowest BCUT2D eigenvalue weighted by Crippen LogP contribution is -2.19. The van der Waals surface area contributed by atoms with Gasteiger partial charge in [-0.05, 0) is 69.2 Å². The van der Waals surface area contributed by atoms with Crippen molar-refractivity contribution in [2.75, 3.05) is 24.8 Å². The summed E-state index contributed by atoms with van der Waals surface area (Å²) in [7, 11) is 0. The molecule has 0 atom stereocenters. The molecule has 1 saturated heterocycles. The van der Waals surface area contributed by atoms with Gasteiger partial charge in [-0.3, -0.25) is 4.79 Å². The van der Waals surface area contributed by atoms with Crippen LogP contribution in [0, 0.1) is 13.8 Å². The fourth-order valence-corrected chi connectivity index (χ4v) is 4.36. The highest BCUT2D eigenvalue weighted by Crippen LogP contribution is 2.34. The third-order valence-electron chi connectivity index (χ3n) is 6.06. The zero-order valence-electron chi connectivity index (χ0n) is 18.3. The number of ether oxygens (including phenoxy) is 2.